The summed E-state index contributed by atoms with van der Waals surface area (Å²) in [5, 5.41) is 0. The molecule has 23 heavy (non-hydrogen) atoms. The number of nitrogens with zero attached hydrogens (tertiary/aromatic N) is 1. The minimum Gasteiger partial charge on any atom is -0.486 e. The van der Waals surface area contributed by atoms with Gasteiger partial charge in [0.25, 0.3) is 0 Å². The third-order valence-electron chi connectivity index (χ3n) is 3.96. The smallest absolute Gasteiger partial charge is 0.416 e. The number of rotatable bonds is 3. The molecule has 7 heteroatoms. The van der Waals surface area contributed by atoms with Crippen LogP contribution in [0.3, 0.4) is 0 Å². The Bertz CT molecular complexity index is 555. The first-order chi connectivity index (χ1) is 10.9. The largest absolute Gasteiger partial charge is 0.486 e. The molecule has 2 aliphatic rings. The Morgan fingerprint density at radius 1 is 1.22 bits per heavy atom. The number of hydrogen-bond donors (Lipinski definition) is 0. The van der Waals surface area contributed by atoms with Gasteiger partial charge in [0.1, 0.15) is 11.9 Å². The van der Waals surface area contributed by atoms with Gasteiger partial charge < -0.3 is 14.4 Å². The van der Waals surface area contributed by atoms with E-state index in [1.54, 1.807) is 4.90 Å². The zero-order valence-electron chi connectivity index (χ0n) is 12.5. The van der Waals surface area contributed by atoms with Crippen molar-refractivity contribution in [3.63, 3.8) is 0 Å². The van der Waals surface area contributed by atoms with Crippen LogP contribution in [0, 0.1) is 5.92 Å². The number of carbonyl (C=O) groups is 1. The molecule has 126 valence electrons. The van der Waals surface area contributed by atoms with E-state index in [2.05, 4.69) is 0 Å². The number of amides is 1. The molecule has 1 aromatic carbocycles. The molecule has 1 aromatic rings. The maximum atomic E-state index is 12.5. The van der Waals surface area contributed by atoms with Crippen LogP contribution < -0.4 is 4.74 Å². The Balaban J connectivity index is 1.62. The molecule has 1 aliphatic carbocycles. The standard InChI is InChI=1S/C16H18F3NO3/c17-16(18,19)12-3-5-13(6-4-12)23-14-9-20(7-8-22-10-14)15(21)11-1-2-11/h3-6,11,14H,1-2,7-10H2/t14-/m1/s1. The average molecular weight is 329 g/mol. The highest BCUT2D eigenvalue weighted by molar-refractivity contribution is 5.81. The highest BCUT2D eigenvalue weighted by atomic mass is 19.4. The second-order valence-corrected chi connectivity index (χ2v) is 5.90. The van der Waals surface area contributed by atoms with E-state index in [0.717, 1.165) is 25.0 Å². The predicted octanol–water partition coefficient (Wildman–Crippen LogP) is 2.72. The molecule has 1 aliphatic heterocycles. The third-order valence-corrected chi connectivity index (χ3v) is 3.96. The Labute approximate surface area is 132 Å². The van der Waals surface area contributed by atoms with Crippen molar-refractivity contribution in [2.45, 2.75) is 25.1 Å². The van der Waals surface area contributed by atoms with Crippen LogP contribution in [0.5, 0.6) is 5.75 Å². The van der Waals surface area contributed by atoms with E-state index in [1.807, 2.05) is 0 Å². The van der Waals surface area contributed by atoms with E-state index < -0.39 is 11.7 Å². The molecule has 1 saturated heterocycles. The summed E-state index contributed by atoms with van der Waals surface area (Å²) in [5.41, 5.74) is -0.715. The predicted molar refractivity (Wildman–Crippen MR) is 76.0 cm³/mol. The van der Waals surface area contributed by atoms with Gasteiger partial charge in [0.15, 0.2) is 0 Å². The van der Waals surface area contributed by atoms with Crippen molar-refractivity contribution >= 4 is 5.91 Å². The Morgan fingerprint density at radius 2 is 1.91 bits per heavy atom. The van der Waals surface area contributed by atoms with Gasteiger partial charge >= 0.3 is 6.18 Å². The molecule has 0 bridgehead atoms. The second kappa shape index (κ2) is 6.39. The molecule has 4 nitrogen and oxygen atoms in total. The molecular weight excluding hydrogens is 311 g/mol. The fourth-order valence-electron chi connectivity index (χ4n) is 2.55. The van der Waals surface area contributed by atoms with Crippen molar-refractivity contribution in [2.75, 3.05) is 26.3 Å². The molecule has 0 unspecified atom stereocenters. The summed E-state index contributed by atoms with van der Waals surface area (Å²) in [4.78, 5) is 13.9. The van der Waals surface area contributed by atoms with Gasteiger partial charge in [-0.3, -0.25) is 4.79 Å². The van der Waals surface area contributed by atoms with Crippen LogP contribution in [-0.4, -0.2) is 43.2 Å². The van der Waals surface area contributed by atoms with E-state index in [-0.39, 0.29) is 17.9 Å². The lowest BCUT2D eigenvalue weighted by Gasteiger charge is -2.24. The van der Waals surface area contributed by atoms with Crippen LogP contribution in [0.4, 0.5) is 13.2 Å². The molecule has 0 N–H and O–H groups in total. The molecule has 1 amide bonds. The second-order valence-electron chi connectivity index (χ2n) is 5.90. The van der Waals surface area contributed by atoms with Crippen LogP contribution in [0.1, 0.15) is 18.4 Å². The summed E-state index contributed by atoms with van der Waals surface area (Å²) in [6.07, 6.45) is -2.88. The number of alkyl halides is 3. The first-order valence-electron chi connectivity index (χ1n) is 7.64. The van der Waals surface area contributed by atoms with Crippen molar-refractivity contribution in [3.05, 3.63) is 29.8 Å². The lowest BCUT2D eigenvalue weighted by Crippen LogP contribution is -2.40. The zero-order chi connectivity index (χ0) is 16.4. The van der Waals surface area contributed by atoms with Crippen molar-refractivity contribution in [3.8, 4) is 5.75 Å². The van der Waals surface area contributed by atoms with Gasteiger partial charge in [-0.25, -0.2) is 0 Å². The maximum absolute atomic E-state index is 12.5. The van der Waals surface area contributed by atoms with Crippen molar-refractivity contribution in [1.82, 2.24) is 4.90 Å². The fourth-order valence-corrected chi connectivity index (χ4v) is 2.55. The van der Waals surface area contributed by atoms with Crippen LogP contribution in [-0.2, 0) is 15.7 Å². The summed E-state index contributed by atoms with van der Waals surface area (Å²) >= 11 is 0. The Hall–Kier alpha value is -1.76. The van der Waals surface area contributed by atoms with Crippen LogP contribution in [0.2, 0.25) is 0 Å². The molecule has 1 saturated carbocycles. The average Bonchev–Trinajstić information content (AvgIpc) is 3.34. The van der Waals surface area contributed by atoms with E-state index in [9.17, 15) is 18.0 Å². The van der Waals surface area contributed by atoms with Gasteiger partial charge in [-0.2, -0.15) is 13.2 Å². The van der Waals surface area contributed by atoms with Crippen molar-refractivity contribution in [1.29, 1.82) is 0 Å². The van der Waals surface area contributed by atoms with Gasteiger partial charge in [-0.15, -0.1) is 0 Å². The number of benzene rings is 1. The number of halogens is 3. The number of carbonyl (C=O) groups excluding carboxylic acids is 1. The number of hydrogen-bond acceptors (Lipinski definition) is 3. The topological polar surface area (TPSA) is 38.8 Å². The minimum absolute atomic E-state index is 0.122. The van der Waals surface area contributed by atoms with Crippen LogP contribution in [0.25, 0.3) is 0 Å². The number of ether oxygens (including phenoxy) is 2. The van der Waals surface area contributed by atoms with E-state index in [0.29, 0.717) is 32.1 Å². The van der Waals surface area contributed by atoms with Crippen LogP contribution in [0.15, 0.2) is 24.3 Å². The zero-order valence-corrected chi connectivity index (χ0v) is 12.5. The van der Waals surface area contributed by atoms with Crippen molar-refractivity contribution < 1.29 is 27.4 Å². The summed E-state index contributed by atoms with van der Waals surface area (Å²) in [5.74, 6) is 0.587. The molecular formula is C16H18F3NO3. The van der Waals surface area contributed by atoms with E-state index in [1.165, 1.54) is 12.1 Å². The van der Waals surface area contributed by atoms with E-state index in [4.69, 9.17) is 9.47 Å². The molecule has 3 rings (SSSR count). The summed E-state index contributed by atoms with van der Waals surface area (Å²) in [6.45, 7) is 1.69. The van der Waals surface area contributed by atoms with Gasteiger partial charge in [0, 0.05) is 12.5 Å². The third kappa shape index (κ3) is 4.16. The highest BCUT2D eigenvalue weighted by Gasteiger charge is 2.35. The van der Waals surface area contributed by atoms with Gasteiger partial charge in [-0.05, 0) is 37.1 Å². The fraction of sp³-hybridized carbons (Fsp3) is 0.562. The lowest BCUT2D eigenvalue weighted by atomic mass is 10.2. The lowest BCUT2D eigenvalue weighted by molar-refractivity contribution is -0.137. The van der Waals surface area contributed by atoms with Gasteiger partial charge in [0.2, 0.25) is 5.91 Å². The first-order valence-corrected chi connectivity index (χ1v) is 7.64. The Morgan fingerprint density at radius 3 is 2.52 bits per heavy atom. The van der Waals surface area contributed by atoms with Crippen LogP contribution >= 0.6 is 0 Å². The quantitative estimate of drug-likeness (QED) is 0.856. The maximum Gasteiger partial charge on any atom is 0.416 e. The molecule has 1 atom stereocenters. The molecule has 0 radical (unpaired) electrons. The van der Waals surface area contributed by atoms with Crippen molar-refractivity contribution in [2.24, 2.45) is 5.92 Å². The Kier molecular flexibility index (Phi) is 4.48. The molecule has 0 spiro atoms. The molecule has 2 fully saturated rings. The highest BCUT2D eigenvalue weighted by Crippen LogP contribution is 2.32. The summed E-state index contributed by atoms with van der Waals surface area (Å²) in [7, 11) is 0. The SMILES string of the molecule is O=C(C1CC1)N1CCOC[C@H](Oc2ccc(C(F)(F)F)cc2)C1. The van der Waals surface area contributed by atoms with Gasteiger partial charge in [-0.1, -0.05) is 0 Å². The van der Waals surface area contributed by atoms with Gasteiger partial charge in [0.05, 0.1) is 25.3 Å². The normalized spacial score (nSPS) is 22.6. The summed E-state index contributed by atoms with van der Waals surface area (Å²) in [6, 6.07) is 4.56. The molecule has 0 aromatic heterocycles. The molecule has 1 heterocycles. The first kappa shape index (κ1) is 16.1. The van der Waals surface area contributed by atoms with E-state index >= 15 is 0 Å². The minimum atomic E-state index is -4.36. The monoisotopic (exact) mass is 329 g/mol. The summed E-state index contributed by atoms with van der Waals surface area (Å²) < 4.78 is 48.8.